The maximum atomic E-state index is 6.22. The summed E-state index contributed by atoms with van der Waals surface area (Å²) < 4.78 is 6.22. The lowest BCUT2D eigenvalue weighted by Crippen LogP contribution is -2.28. The van der Waals surface area contributed by atoms with Gasteiger partial charge in [-0.1, -0.05) is 20.8 Å². The van der Waals surface area contributed by atoms with Crippen LogP contribution in [-0.4, -0.2) is 34.4 Å². The van der Waals surface area contributed by atoms with Crippen molar-refractivity contribution in [2.45, 2.75) is 63.8 Å². The van der Waals surface area contributed by atoms with Crippen molar-refractivity contribution < 1.29 is 4.74 Å². The summed E-state index contributed by atoms with van der Waals surface area (Å²) in [6.45, 7) is 8.37. The molecule has 1 aliphatic carbocycles. The maximum Gasteiger partial charge on any atom is 0.126 e. The molecule has 5 nitrogen and oxygen atoms in total. The Labute approximate surface area is 149 Å². The molecule has 2 N–H and O–H groups in total. The quantitative estimate of drug-likeness (QED) is 0.869. The molecule has 5 heteroatoms. The third-order valence-corrected chi connectivity index (χ3v) is 5.16. The lowest BCUT2D eigenvalue weighted by molar-refractivity contribution is 0.274. The first kappa shape index (κ1) is 16.6. The van der Waals surface area contributed by atoms with Crippen LogP contribution in [0.5, 0.6) is 5.75 Å². The molecule has 1 aliphatic heterocycles. The normalized spacial score (nSPS) is 20.8. The Bertz CT molecular complexity index is 736. The van der Waals surface area contributed by atoms with E-state index in [0.717, 1.165) is 36.0 Å². The van der Waals surface area contributed by atoms with Crippen molar-refractivity contribution >= 4 is 0 Å². The molecule has 25 heavy (non-hydrogen) atoms. The fraction of sp³-hybridized carbons (Fsp3) is 0.600. The fourth-order valence-corrected chi connectivity index (χ4v) is 3.34. The van der Waals surface area contributed by atoms with Gasteiger partial charge in [0.25, 0.3) is 0 Å². The summed E-state index contributed by atoms with van der Waals surface area (Å²) in [5.74, 6) is 1.61. The van der Waals surface area contributed by atoms with Gasteiger partial charge in [-0.25, -0.2) is 0 Å². The molecule has 1 atom stereocenters. The molecule has 0 bridgehead atoms. The lowest BCUT2D eigenvalue weighted by Gasteiger charge is -2.16. The molecule has 4 rings (SSSR count). The van der Waals surface area contributed by atoms with Gasteiger partial charge in [-0.2, -0.15) is 5.10 Å². The average molecular weight is 340 g/mol. The zero-order valence-corrected chi connectivity index (χ0v) is 15.4. The summed E-state index contributed by atoms with van der Waals surface area (Å²) in [6.07, 6.45) is 6.93. The molecule has 2 aliphatic rings. The van der Waals surface area contributed by atoms with E-state index in [4.69, 9.17) is 4.74 Å². The molecule has 1 saturated carbocycles. The molecular weight excluding hydrogens is 312 g/mol. The standard InChI is InChI=1S/C20H28N4O/c1-20(2,3)19-10-17(23-24-19)16-9-18(15(11-22-16)13-6-7-13)25-12-14-5-4-8-21-14/h9-11,13-14,21H,4-8,12H2,1-3H3,(H,23,24)/t14-/m0/s1. The molecule has 0 unspecified atom stereocenters. The average Bonchev–Trinajstić information content (AvgIpc) is 3.09. The van der Waals surface area contributed by atoms with Crippen LogP contribution in [0.1, 0.15) is 63.6 Å². The number of ether oxygens (including phenoxy) is 1. The van der Waals surface area contributed by atoms with E-state index >= 15 is 0 Å². The molecule has 1 saturated heterocycles. The smallest absolute Gasteiger partial charge is 0.126 e. The number of hydrogen-bond acceptors (Lipinski definition) is 4. The van der Waals surface area contributed by atoms with Gasteiger partial charge in [-0.15, -0.1) is 0 Å². The molecule has 2 aromatic heterocycles. The van der Waals surface area contributed by atoms with E-state index in [1.54, 1.807) is 0 Å². The number of hydrogen-bond donors (Lipinski definition) is 2. The zero-order valence-electron chi connectivity index (χ0n) is 15.4. The van der Waals surface area contributed by atoms with E-state index in [-0.39, 0.29) is 5.41 Å². The van der Waals surface area contributed by atoms with Crippen LogP contribution >= 0.6 is 0 Å². The van der Waals surface area contributed by atoms with Crippen LogP contribution in [0.2, 0.25) is 0 Å². The van der Waals surface area contributed by atoms with E-state index in [1.165, 1.54) is 31.2 Å². The Morgan fingerprint density at radius 3 is 2.64 bits per heavy atom. The van der Waals surface area contributed by atoms with Crippen molar-refractivity contribution in [3.8, 4) is 17.1 Å². The van der Waals surface area contributed by atoms with E-state index < -0.39 is 0 Å². The van der Waals surface area contributed by atoms with E-state index in [1.807, 2.05) is 6.20 Å². The summed E-state index contributed by atoms with van der Waals surface area (Å²) in [5.41, 5.74) is 4.19. The summed E-state index contributed by atoms with van der Waals surface area (Å²) in [7, 11) is 0. The second-order valence-corrected chi connectivity index (χ2v) is 8.40. The first-order valence-electron chi connectivity index (χ1n) is 9.43. The molecule has 2 aromatic rings. The van der Waals surface area contributed by atoms with Crippen LogP contribution in [0, 0.1) is 0 Å². The van der Waals surface area contributed by atoms with Gasteiger partial charge in [0, 0.05) is 35.0 Å². The van der Waals surface area contributed by atoms with E-state index in [9.17, 15) is 0 Å². The number of nitrogens with one attached hydrogen (secondary N) is 2. The molecule has 0 aromatic carbocycles. The SMILES string of the molecule is CC(C)(C)c1cc(-c2cc(OC[C@@H]3CCCN3)c(C3CC3)cn2)n[nH]1. The number of rotatable bonds is 5. The van der Waals surface area contributed by atoms with Gasteiger partial charge in [0.15, 0.2) is 0 Å². The zero-order chi connectivity index (χ0) is 17.4. The van der Waals surface area contributed by atoms with Gasteiger partial charge in [-0.3, -0.25) is 10.1 Å². The minimum atomic E-state index is 0.0483. The molecule has 0 spiro atoms. The predicted octanol–water partition coefficient (Wildman–Crippen LogP) is 3.78. The van der Waals surface area contributed by atoms with Crippen molar-refractivity contribution in [3.05, 3.63) is 29.6 Å². The number of H-pyrrole nitrogens is 1. The number of nitrogens with zero attached hydrogens (tertiary/aromatic N) is 2. The van der Waals surface area contributed by atoms with Crippen molar-refractivity contribution in [3.63, 3.8) is 0 Å². The second kappa shape index (κ2) is 6.45. The van der Waals surface area contributed by atoms with Gasteiger partial charge < -0.3 is 10.1 Å². The van der Waals surface area contributed by atoms with Gasteiger partial charge in [0.05, 0.1) is 5.69 Å². The van der Waals surface area contributed by atoms with Crippen LogP contribution in [0.25, 0.3) is 11.4 Å². The van der Waals surface area contributed by atoms with Crippen LogP contribution in [-0.2, 0) is 5.41 Å². The minimum Gasteiger partial charge on any atom is -0.492 e. The highest BCUT2D eigenvalue weighted by Gasteiger charge is 2.28. The molecular formula is C20H28N4O. The van der Waals surface area contributed by atoms with Gasteiger partial charge >= 0.3 is 0 Å². The highest BCUT2D eigenvalue weighted by atomic mass is 16.5. The number of aromatic nitrogens is 3. The van der Waals surface area contributed by atoms with Crippen molar-refractivity contribution in [1.82, 2.24) is 20.5 Å². The topological polar surface area (TPSA) is 62.8 Å². The summed E-state index contributed by atoms with van der Waals surface area (Å²) in [4.78, 5) is 4.67. The van der Waals surface area contributed by atoms with E-state index in [2.05, 4.69) is 53.4 Å². The van der Waals surface area contributed by atoms with Crippen molar-refractivity contribution in [2.75, 3.05) is 13.2 Å². The number of pyridine rings is 1. The predicted molar refractivity (Wildman–Crippen MR) is 99.0 cm³/mol. The largest absolute Gasteiger partial charge is 0.492 e. The Kier molecular flexibility index (Phi) is 4.28. The lowest BCUT2D eigenvalue weighted by atomic mass is 9.92. The fourth-order valence-electron chi connectivity index (χ4n) is 3.34. The van der Waals surface area contributed by atoms with E-state index in [0.29, 0.717) is 12.0 Å². The van der Waals surface area contributed by atoms with Crippen LogP contribution in [0.4, 0.5) is 0 Å². The van der Waals surface area contributed by atoms with Crippen LogP contribution < -0.4 is 10.1 Å². The molecule has 0 amide bonds. The summed E-state index contributed by atoms with van der Waals surface area (Å²) in [5, 5.41) is 11.1. The second-order valence-electron chi connectivity index (χ2n) is 8.40. The van der Waals surface area contributed by atoms with Gasteiger partial charge in [0.2, 0.25) is 0 Å². The minimum absolute atomic E-state index is 0.0483. The molecule has 3 heterocycles. The Balaban J connectivity index is 1.58. The van der Waals surface area contributed by atoms with Crippen molar-refractivity contribution in [1.29, 1.82) is 0 Å². The highest BCUT2D eigenvalue weighted by Crippen LogP contribution is 2.44. The monoisotopic (exact) mass is 340 g/mol. The molecule has 134 valence electrons. The Morgan fingerprint density at radius 1 is 1.16 bits per heavy atom. The number of aromatic amines is 1. The Hall–Kier alpha value is -1.88. The molecule has 0 radical (unpaired) electrons. The van der Waals surface area contributed by atoms with Gasteiger partial charge in [-0.05, 0) is 44.2 Å². The third kappa shape index (κ3) is 3.71. The molecule has 2 fully saturated rings. The Morgan fingerprint density at radius 2 is 2.00 bits per heavy atom. The van der Waals surface area contributed by atoms with Crippen LogP contribution in [0.3, 0.4) is 0 Å². The summed E-state index contributed by atoms with van der Waals surface area (Å²) in [6, 6.07) is 4.65. The summed E-state index contributed by atoms with van der Waals surface area (Å²) >= 11 is 0. The first-order chi connectivity index (χ1) is 12.0. The maximum absolute atomic E-state index is 6.22. The first-order valence-corrected chi connectivity index (χ1v) is 9.43. The van der Waals surface area contributed by atoms with Crippen LogP contribution in [0.15, 0.2) is 18.3 Å². The highest BCUT2D eigenvalue weighted by molar-refractivity contribution is 5.58. The third-order valence-electron chi connectivity index (χ3n) is 5.16. The van der Waals surface area contributed by atoms with Crippen molar-refractivity contribution in [2.24, 2.45) is 0 Å². The van der Waals surface area contributed by atoms with Gasteiger partial charge in [0.1, 0.15) is 18.1 Å².